The number of nitrogens with zero attached hydrogens (tertiary/aromatic N) is 1. The summed E-state index contributed by atoms with van der Waals surface area (Å²) in [4.78, 5) is 16.2. The van der Waals surface area contributed by atoms with Gasteiger partial charge in [-0.15, -0.1) is 11.3 Å². The number of thiophene rings is 1. The smallest absolute Gasteiger partial charge is 0.225 e. The highest BCUT2D eigenvalue weighted by Crippen LogP contribution is 2.39. The number of ether oxygens (including phenoxy) is 2. The second kappa shape index (κ2) is 9.12. The molecule has 3 aromatic rings. The Balaban J connectivity index is 1.54. The minimum atomic E-state index is -0.566. The molecule has 6 heteroatoms. The molecule has 2 N–H and O–H groups in total. The van der Waals surface area contributed by atoms with E-state index in [4.69, 9.17) is 15.2 Å². The van der Waals surface area contributed by atoms with Crippen molar-refractivity contribution in [3.05, 3.63) is 71.1 Å². The largest absolute Gasteiger partial charge is 0.493 e. The molecule has 1 saturated heterocycles. The molecule has 4 rings (SSSR count). The zero-order valence-electron chi connectivity index (χ0n) is 18.0. The van der Waals surface area contributed by atoms with E-state index in [1.54, 1.807) is 25.6 Å². The molecule has 1 aliphatic rings. The molecule has 1 aliphatic heterocycles. The number of carbonyl (C=O) groups excluding carboxylic acids is 1. The molecule has 0 aliphatic carbocycles. The quantitative estimate of drug-likeness (QED) is 0.570. The molecule has 0 saturated carbocycles. The number of carbonyl (C=O) groups is 1. The Hall–Kier alpha value is -2.83. The Kier molecular flexibility index (Phi) is 6.30. The monoisotopic (exact) mass is 436 g/mol. The summed E-state index contributed by atoms with van der Waals surface area (Å²) in [5.41, 5.74) is 8.91. The van der Waals surface area contributed by atoms with E-state index in [1.807, 2.05) is 30.3 Å². The van der Waals surface area contributed by atoms with Crippen molar-refractivity contribution in [3.63, 3.8) is 0 Å². The van der Waals surface area contributed by atoms with E-state index in [2.05, 4.69) is 34.5 Å². The van der Waals surface area contributed by atoms with Crippen molar-refractivity contribution in [2.75, 3.05) is 27.3 Å². The van der Waals surface area contributed by atoms with Crippen LogP contribution < -0.4 is 15.2 Å². The third-order valence-electron chi connectivity index (χ3n) is 6.14. The predicted molar refractivity (Wildman–Crippen MR) is 125 cm³/mol. The van der Waals surface area contributed by atoms with Gasteiger partial charge in [0.1, 0.15) is 0 Å². The summed E-state index contributed by atoms with van der Waals surface area (Å²) in [5, 5.41) is 2.08. The van der Waals surface area contributed by atoms with Crippen LogP contribution in [-0.2, 0) is 17.8 Å². The van der Waals surface area contributed by atoms with Gasteiger partial charge in [0.25, 0.3) is 0 Å². The number of methoxy groups -OCH3 is 2. The number of hydrogen-bond donors (Lipinski definition) is 1. The Labute approximate surface area is 187 Å². The van der Waals surface area contributed by atoms with Crippen LogP contribution in [0.5, 0.6) is 11.5 Å². The zero-order chi connectivity index (χ0) is 21.8. The Morgan fingerprint density at radius 1 is 1.10 bits per heavy atom. The minimum absolute atomic E-state index is 0.219. The standard InChI is InChI=1S/C25H28N2O3S/c1-29-21-10-9-18(14-22(21)30-2)16-27-12-11-25(17-27,24(26)28)15-19-6-3-4-7-20(19)23-8-5-13-31-23/h3-10,13-14H,11-12,15-17H2,1-2H3,(H2,26,28). The average molecular weight is 437 g/mol. The van der Waals surface area contributed by atoms with E-state index in [0.29, 0.717) is 24.5 Å². The van der Waals surface area contributed by atoms with Crippen molar-refractivity contribution in [3.8, 4) is 21.9 Å². The lowest BCUT2D eigenvalue weighted by Crippen LogP contribution is -2.41. The Morgan fingerprint density at radius 2 is 1.90 bits per heavy atom. The van der Waals surface area contributed by atoms with Crippen molar-refractivity contribution >= 4 is 17.2 Å². The first kappa shape index (κ1) is 21.4. The van der Waals surface area contributed by atoms with Crippen molar-refractivity contribution in [2.45, 2.75) is 19.4 Å². The molecule has 31 heavy (non-hydrogen) atoms. The van der Waals surface area contributed by atoms with Gasteiger partial charge in [-0.3, -0.25) is 9.69 Å². The number of benzene rings is 2. The van der Waals surface area contributed by atoms with Crippen molar-refractivity contribution in [1.82, 2.24) is 4.90 Å². The third kappa shape index (κ3) is 4.45. The fraction of sp³-hybridized carbons (Fsp3) is 0.320. The van der Waals surface area contributed by atoms with Crippen LogP contribution >= 0.6 is 11.3 Å². The van der Waals surface area contributed by atoms with Gasteiger partial charge in [0.2, 0.25) is 5.91 Å². The third-order valence-corrected chi connectivity index (χ3v) is 7.05. The second-order valence-corrected chi connectivity index (χ2v) is 9.05. The molecule has 1 atom stereocenters. The molecule has 1 unspecified atom stereocenters. The summed E-state index contributed by atoms with van der Waals surface area (Å²) in [6, 6.07) is 18.5. The van der Waals surface area contributed by atoms with Crippen LogP contribution in [0.4, 0.5) is 0 Å². The molecule has 2 heterocycles. The van der Waals surface area contributed by atoms with Gasteiger partial charge in [-0.2, -0.15) is 0 Å². The van der Waals surface area contributed by atoms with E-state index >= 15 is 0 Å². The van der Waals surface area contributed by atoms with Crippen molar-refractivity contribution in [2.24, 2.45) is 11.1 Å². The molecule has 1 fully saturated rings. The van der Waals surface area contributed by atoms with Gasteiger partial charge < -0.3 is 15.2 Å². The fourth-order valence-corrected chi connectivity index (χ4v) is 5.26. The molecule has 0 radical (unpaired) electrons. The molecular weight excluding hydrogens is 408 g/mol. The normalized spacial score (nSPS) is 18.8. The maximum absolute atomic E-state index is 12.7. The molecule has 0 bridgehead atoms. The molecule has 1 aromatic heterocycles. The maximum atomic E-state index is 12.7. The first-order valence-electron chi connectivity index (χ1n) is 10.4. The van der Waals surface area contributed by atoms with E-state index < -0.39 is 5.41 Å². The number of rotatable bonds is 8. The van der Waals surface area contributed by atoms with Crippen LogP contribution in [0.1, 0.15) is 17.5 Å². The van der Waals surface area contributed by atoms with E-state index in [1.165, 1.54) is 16.0 Å². The highest BCUT2D eigenvalue weighted by molar-refractivity contribution is 7.13. The van der Waals surface area contributed by atoms with Crippen molar-refractivity contribution in [1.29, 1.82) is 0 Å². The van der Waals surface area contributed by atoms with E-state index in [-0.39, 0.29) is 5.91 Å². The molecule has 1 amide bonds. The number of amides is 1. The lowest BCUT2D eigenvalue weighted by molar-refractivity contribution is -0.127. The lowest BCUT2D eigenvalue weighted by atomic mass is 9.79. The second-order valence-electron chi connectivity index (χ2n) is 8.11. The highest BCUT2D eigenvalue weighted by atomic mass is 32.1. The van der Waals surface area contributed by atoms with Gasteiger partial charge in [0.05, 0.1) is 19.6 Å². The van der Waals surface area contributed by atoms with Crippen LogP contribution in [0.3, 0.4) is 0 Å². The molecular formula is C25H28N2O3S. The van der Waals surface area contributed by atoms with Crippen molar-refractivity contribution < 1.29 is 14.3 Å². The summed E-state index contributed by atoms with van der Waals surface area (Å²) < 4.78 is 10.8. The van der Waals surface area contributed by atoms with Crippen LogP contribution in [0.15, 0.2) is 60.0 Å². The summed E-state index contributed by atoms with van der Waals surface area (Å²) >= 11 is 1.72. The van der Waals surface area contributed by atoms with Gasteiger partial charge in [-0.05, 0) is 59.7 Å². The van der Waals surface area contributed by atoms with Gasteiger partial charge in [-0.1, -0.05) is 36.4 Å². The number of primary amides is 1. The Bertz CT molecular complexity index is 1050. The highest BCUT2D eigenvalue weighted by Gasteiger charge is 2.43. The van der Waals surface area contributed by atoms with Crippen LogP contribution in [0.25, 0.3) is 10.4 Å². The molecule has 0 spiro atoms. The maximum Gasteiger partial charge on any atom is 0.225 e. The minimum Gasteiger partial charge on any atom is -0.493 e. The lowest BCUT2D eigenvalue weighted by Gasteiger charge is -2.27. The zero-order valence-corrected chi connectivity index (χ0v) is 18.8. The van der Waals surface area contributed by atoms with Crippen LogP contribution in [0.2, 0.25) is 0 Å². The summed E-state index contributed by atoms with van der Waals surface area (Å²) in [5.74, 6) is 1.21. The predicted octanol–water partition coefficient (Wildman–Crippen LogP) is 4.35. The fourth-order valence-electron chi connectivity index (χ4n) is 4.47. The summed E-state index contributed by atoms with van der Waals surface area (Å²) in [6.45, 7) is 2.22. The van der Waals surface area contributed by atoms with Crippen LogP contribution in [-0.4, -0.2) is 38.1 Å². The number of hydrogen-bond acceptors (Lipinski definition) is 5. The van der Waals surface area contributed by atoms with Gasteiger partial charge in [0.15, 0.2) is 11.5 Å². The average Bonchev–Trinajstić information content (AvgIpc) is 3.45. The van der Waals surface area contributed by atoms with E-state index in [9.17, 15) is 4.79 Å². The van der Waals surface area contributed by atoms with Gasteiger partial charge >= 0.3 is 0 Å². The van der Waals surface area contributed by atoms with Crippen LogP contribution in [0, 0.1) is 5.41 Å². The number of nitrogens with two attached hydrogens (primary N) is 1. The van der Waals surface area contributed by atoms with E-state index in [0.717, 1.165) is 25.1 Å². The number of likely N-dealkylation sites (tertiary alicyclic amines) is 1. The molecule has 5 nitrogen and oxygen atoms in total. The molecule has 2 aromatic carbocycles. The summed E-state index contributed by atoms with van der Waals surface area (Å²) in [6.07, 6.45) is 1.41. The van der Waals surface area contributed by atoms with Gasteiger partial charge in [-0.25, -0.2) is 0 Å². The first-order valence-corrected chi connectivity index (χ1v) is 11.3. The SMILES string of the molecule is COc1ccc(CN2CCC(Cc3ccccc3-c3cccs3)(C(N)=O)C2)cc1OC. The first-order chi connectivity index (χ1) is 15.0. The summed E-state index contributed by atoms with van der Waals surface area (Å²) in [7, 11) is 3.27. The topological polar surface area (TPSA) is 64.8 Å². The molecule has 162 valence electrons. The van der Waals surface area contributed by atoms with Gasteiger partial charge in [0, 0.05) is 18.0 Å². The Morgan fingerprint density at radius 3 is 2.61 bits per heavy atom.